The number of nitriles is 1. The van der Waals surface area contributed by atoms with Gasteiger partial charge in [-0.15, -0.1) is 0 Å². The number of nitrogens with zero attached hydrogens (tertiary/aromatic N) is 3. The van der Waals surface area contributed by atoms with E-state index in [1.807, 2.05) is 54.6 Å². The monoisotopic (exact) mass is 503 g/mol. The van der Waals surface area contributed by atoms with Crippen molar-refractivity contribution in [2.45, 2.75) is 12.1 Å². The van der Waals surface area contributed by atoms with Gasteiger partial charge >= 0.3 is 0 Å². The number of fused-ring (bicyclic) bond motifs is 1. The van der Waals surface area contributed by atoms with Crippen LogP contribution in [0.3, 0.4) is 0 Å². The summed E-state index contributed by atoms with van der Waals surface area (Å²) in [5.41, 5.74) is 2.42. The van der Waals surface area contributed by atoms with Crippen molar-refractivity contribution in [2.24, 2.45) is 5.92 Å². The average Bonchev–Trinajstić information content (AvgIpc) is 3.35. The summed E-state index contributed by atoms with van der Waals surface area (Å²) in [6.45, 7) is 0. The Labute approximate surface area is 198 Å². The molecule has 0 aliphatic carbocycles. The summed E-state index contributed by atoms with van der Waals surface area (Å²) in [7, 11) is 1.58. The fraction of sp³-hybridized carbons (Fsp3) is 0.160. The highest BCUT2D eigenvalue weighted by Gasteiger charge is 2.60. The molecule has 3 aromatic rings. The number of hydrogen-bond donors (Lipinski definition) is 0. The van der Waals surface area contributed by atoms with Crippen LogP contribution in [0.4, 0.5) is 11.4 Å². The minimum absolute atomic E-state index is 0.343. The molecule has 2 fully saturated rings. The summed E-state index contributed by atoms with van der Waals surface area (Å²) in [6.07, 6.45) is -0.959. The lowest BCUT2D eigenvalue weighted by molar-refractivity contribution is -0.126. The Kier molecular flexibility index (Phi) is 5.36. The third kappa shape index (κ3) is 3.46. The maximum atomic E-state index is 13.6. The van der Waals surface area contributed by atoms with Crippen molar-refractivity contribution in [1.29, 1.82) is 5.26 Å². The standard InChI is InChI=1S/C25H18BrN3O4/c1-32-20-12-9-16(13-19(20)26)22-21-23(33-29(22)18-5-3-2-4-6-18)25(31)28(24(21)30)17-10-7-15(14-27)8-11-17/h2-13,21-23H,1H3/t21-,22-,23-/m0/s1. The van der Waals surface area contributed by atoms with Crippen LogP contribution in [0.2, 0.25) is 0 Å². The van der Waals surface area contributed by atoms with Crippen LogP contribution in [0.1, 0.15) is 17.2 Å². The Balaban J connectivity index is 1.58. The van der Waals surface area contributed by atoms with Crippen LogP contribution < -0.4 is 14.7 Å². The van der Waals surface area contributed by atoms with Gasteiger partial charge < -0.3 is 4.74 Å². The molecule has 0 saturated carbocycles. The third-order valence-corrected chi connectivity index (χ3v) is 6.52. The molecule has 3 aromatic carbocycles. The van der Waals surface area contributed by atoms with E-state index in [1.165, 1.54) is 0 Å². The Morgan fingerprint density at radius 1 is 0.970 bits per heavy atom. The normalized spacial score (nSPS) is 21.8. The van der Waals surface area contributed by atoms with Crippen molar-refractivity contribution >= 4 is 39.1 Å². The second-order valence-electron chi connectivity index (χ2n) is 7.72. The number of hydrogen-bond acceptors (Lipinski definition) is 6. The van der Waals surface area contributed by atoms with Gasteiger partial charge in [-0.25, -0.2) is 9.96 Å². The molecule has 0 radical (unpaired) electrons. The van der Waals surface area contributed by atoms with E-state index in [4.69, 9.17) is 14.8 Å². The van der Waals surface area contributed by atoms with E-state index >= 15 is 0 Å². The highest BCUT2D eigenvalue weighted by atomic mass is 79.9. The Hall–Kier alpha value is -3.67. The van der Waals surface area contributed by atoms with Gasteiger partial charge in [-0.3, -0.25) is 14.4 Å². The molecule has 0 spiro atoms. The second-order valence-corrected chi connectivity index (χ2v) is 8.58. The molecular weight excluding hydrogens is 486 g/mol. The highest BCUT2D eigenvalue weighted by Crippen LogP contribution is 2.48. The number of rotatable bonds is 4. The number of benzene rings is 3. The summed E-state index contributed by atoms with van der Waals surface area (Å²) in [5.74, 6) is -0.849. The summed E-state index contributed by atoms with van der Waals surface area (Å²) in [6, 6.07) is 22.8. The maximum Gasteiger partial charge on any atom is 0.266 e. The van der Waals surface area contributed by atoms with Crippen molar-refractivity contribution in [3.8, 4) is 11.8 Å². The van der Waals surface area contributed by atoms with Gasteiger partial charge in [-0.05, 0) is 70.0 Å². The van der Waals surface area contributed by atoms with Gasteiger partial charge in [-0.2, -0.15) is 5.26 Å². The Morgan fingerprint density at radius 2 is 1.70 bits per heavy atom. The molecule has 8 heteroatoms. The van der Waals surface area contributed by atoms with Crippen LogP contribution in [0, 0.1) is 17.2 Å². The number of anilines is 2. The molecule has 0 unspecified atom stereocenters. The maximum absolute atomic E-state index is 13.6. The summed E-state index contributed by atoms with van der Waals surface area (Å²) in [4.78, 5) is 34.2. The highest BCUT2D eigenvalue weighted by molar-refractivity contribution is 9.10. The number of amides is 2. The second kappa shape index (κ2) is 8.35. The van der Waals surface area contributed by atoms with Crippen molar-refractivity contribution in [3.05, 3.63) is 88.4 Å². The lowest BCUT2D eigenvalue weighted by Gasteiger charge is -2.29. The number of halogens is 1. The lowest BCUT2D eigenvalue weighted by Crippen LogP contribution is -2.37. The molecular formula is C25H18BrN3O4. The zero-order valence-corrected chi connectivity index (χ0v) is 19.1. The molecule has 2 aliphatic rings. The number of ether oxygens (including phenoxy) is 1. The number of carbonyl (C=O) groups excluding carboxylic acids is 2. The van der Waals surface area contributed by atoms with E-state index in [0.717, 1.165) is 20.6 Å². The molecule has 0 N–H and O–H groups in total. The van der Waals surface area contributed by atoms with Gasteiger partial charge in [0.25, 0.3) is 5.91 Å². The van der Waals surface area contributed by atoms with Gasteiger partial charge in [0.1, 0.15) is 11.7 Å². The number of hydroxylamine groups is 1. The molecule has 0 bridgehead atoms. The molecule has 2 aliphatic heterocycles. The fourth-order valence-electron chi connectivity index (χ4n) is 4.36. The first-order valence-corrected chi connectivity index (χ1v) is 11.0. The molecule has 164 valence electrons. The number of carbonyl (C=O) groups is 2. The smallest absolute Gasteiger partial charge is 0.266 e. The van der Waals surface area contributed by atoms with E-state index in [0.29, 0.717) is 17.0 Å². The van der Waals surface area contributed by atoms with Crippen LogP contribution in [0.15, 0.2) is 77.3 Å². The van der Waals surface area contributed by atoms with Crippen LogP contribution >= 0.6 is 15.9 Å². The fourth-order valence-corrected chi connectivity index (χ4v) is 4.92. The number of para-hydroxylation sites is 1. The first kappa shape index (κ1) is 21.2. The van der Waals surface area contributed by atoms with Gasteiger partial charge in [0, 0.05) is 0 Å². The van der Waals surface area contributed by atoms with Gasteiger partial charge in [0.05, 0.1) is 40.6 Å². The SMILES string of the molecule is COc1ccc([C@H]2[C@@H]3C(=O)N(c4ccc(C#N)cc4)C(=O)[C@H]3ON2c2ccccc2)cc1Br. The first-order valence-electron chi connectivity index (χ1n) is 10.3. The summed E-state index contributed by atoms with van der Waals surface area (Å²) < 4.78 is 6.08. The minimum atomic E-state index is -0.959. The lowest BCUT2D eigenvalue weighted by atomic mass is 9.90. The first-order chi connectivity index (χ1) is 16.0. The molecule has 2 amide bonds. The van der Waals surface area contributed by atoms with Gasteiger partial charge in [0.15, 0.2) is 6.10 Å². The number of imide groups is 1. The van der Waals surface area contributed by atoms with Crippen LogP contribution in [-0.4, -0.2) is 25.0 Å². The Morgan fingerprint density at radius 3 is 2.33 bits per heavy atom. The quantitative estimate of drug-likeness (QED) is 0.491. The minimum Gasteiger partial charge on any atom is -0.496 e. The van der Waals surface area contributed by atoms with Crippen molar-refractivity contribution in [2.75, 3.05) is 17.1 Å². The van der Waals surface area contributed by atoms with E-state index < -0.39 is 24.0 Å². The zero-order valence-electron chi connectivity index (χ0n) is 17.5. The molecule has 5 rings (SSSR count). The molecule has 3 atom stereocenters. The van der Waals surface area contributed by atoms with Crippen molar-refractivity contribution < 1.29 is 19.2 Å². The average molecular weight is 504 g/mol. The largest absolute Gasteiger partial charge is 0.496 e. The van der Waals surface area contributed by atoms with E-state index in [9.17, 15) is 9.59 Å². The molecule has 2 saturated heterocycles. The molecule has 33 heavy (non-hydrogen) atoms. The van der Waals surface area contributed by atoms with Gasteiger partial charge in [0.2, 0.25) is 5.91 Å². The summed E-state index contributed by atoms with van der Waals surface area (Å²) >= 11 is 3.52. The van der Waals surface area contributed by atoms with Crippen LogP contribution in [0.5, 0.6) is 5.75 Å². The molecule has 0 aromatic heterocycles. The van der Waals surface area contributed by atoms with Crippen LogP contribution in [-0.2, 0) is 14.4 Å². The summed E-state index contributed by atoms with van der Waals surface area (Å²) in [5, 5.41) is 10.7. The van der Waals surface area contributed by atoms with Crippen molar-refractivity contribution in [1.82, 2.24) is 0 Å². The van der Waals surface area contributed by atoms with Crippen molar-refractivity contribution in [3.63, 3.8) is 0 Å². The zero-order chi connectivity index (χ0) is 23.1. The van der Waals surface area contributed by atoms with Gasteiger partial charge in [-0.1, -0.05) is 24.3 Å². The van der Waals surface area contributed by atoms with E-state index in [-0.39, 0.29) is 5.91 Å². The third-order valence-electron chi connectivity index (χ3n) is 5.90. The number of methoxy groups -OCH3 is 1. The van der Waals surface area contributed by atoms with E-state index in [2.05, 4.69) is 15.9 Å². The molecule has 7 nitrogen and oxygen atoms in total. The topological polar surface area (TPSA) is 82.9 Å². The van der Waals surface area contributed by atoms with Crippen LogP contribution in [0.25, 0.3) is 0 Å². The van der Waals surface area contributed by atoms with E-state index in [1.54, 1.807) is 36.4 Å². The molecule has 2 heterocycles. The predicted molar refractivity (Wildman–Crippen MR) is 124 cm³/mol. The predicted octanol–water partition coefficient (Wildman–Crippen LogP) is 4.38. The Bertz CT molecular complexity index is 1270.